The Morgan fingerprint density at radius 3 is 2.24 bits per heavy atom. The molecule has 1 amide bonds. The number of carbonyl (C=O) groups excluding carboxylic acids is 2. The lowest BCUT2D eigenvalue weighted by Crippen LogP contribution is -2.13. The van der Waals surface area contributed by atoms with E-state index < -0.39 is 11.9 Å². The van der Waals surface area contributed by atoms with Crippen LogP contribution in [-0.4, -0.2) is 32.7 Å². The summed E-state index contributed by atoms with van der Waals surface area (Å²) in [6.45, 7) is 3.02. The average Bonchev–Trinajstić information content (AvgIpc) is 3.06. The van der Waals surface area contributed by atoms with Gasteiger partial charge in [0.2, 0.25) is 0 Å². The van der Waals surface area contributed by atoms with Crippen molar-refractivity contribution in [2.24, 2.45) is 0 Å². The Balaban J connectivity index is 1.46. The van der Waals surface area contributed by atoms with Gasteiger partial charge in [-0.2, -0.15) is 5.26 Å². The van der Waals surface area contributed by atoms with Crippen LogP contribution in [0.3, 0.4) is 0 Å². The van der Waals surface area contributed by atoms with Crippen molar-refractivity contribution in [1.29, 1.82) is 5.26 Å². The maximum absolute atomic E-state index is 12.8. The fourth-order valence-electron chi connectivity index (χ4n) is 4.21. The van der Waals surface area contributed by atoms with Gasteiger partial charge in [0.1, 0.15) is 24.9 Å². The third kappa shape index (κ3) is 8.87. The molecule has 9 nitrogen and oxygen atoms in total. The highest BCUT2D eigenvalue weighted by Crippen LogP contribution is 2.38. The van der Waals surface area contributed by atoms with Gasteiger partial charge in [-0.1, -0.05) is 36.4 Å². The minimum atomic E-state index is -0.611. The number of nitrogens with zero attached hydrogens (tertiary/aromatic N) is 1. The number of anilines is 1. The van der Waals surface area contributed by atoms with Gasteiger partial charge in [-0.3, -0.25) is 4.79 Å². The monoisotopic (exact) mass is 670 g/mol. The molecule has 0 saturated carbocycles. The largest absolute Gasteiger partial charge is 0.493 e. The summed E-state index contributed by atoms with van der Waals surface area (Å²) < 4.78 is 28.8. The van der Waals surface area contributed by atoms with Crippen molar-refractivity contribution in [2.75, 3.05) is 26.1 Å². The molecule has 1 N–H and O–H groups in total. The van der Waals surface area contributed by atoms with Crippen molar-refractivity contribution in [3.63, 3.8) is 0 Å². The van der Waals surface area contributed by atoms with Crippen LogP contribution in [0.25, 0.3) is 6.08 Å². The summed E-state index contributed by atoms with van der Waals surface area (Å²) in [7, 11) is 2.79. The van der Waals surface area contributed by atoms with E-state index in [9.17, 15) is 14.9 Å². The Morgan fingerprint density at radius 1 is 0.844 bits per heavy atom. The van der Waals surface area contributed by atoms with Crippen molar-refractivity contribution in [3.8, 4) is 29.1 Å². The van der Waals surface area contributed by atoms with Crippen LogP contribution in [0.1, 0.15) is 34.0 Å². The second-order valence-corrected chi connectivity index (χ2v) is 10.4. The SMILES string of the molecule is CCOc1cc(COc2c(Br)cc(/C=C(/C#N)C(=O)Nc3ccc(C(=O)OC)cc3)cc2OC)ccc1OCc1ccccc1. The van der Waals surface area contributed by atoms with E-state index in [1.807, 2.05) is 61.5 Å². The van der Waals surface area contributed by atoms with E-state index in [1.54, 1.807) is 24.3 Å². The molecular weight excluding hydrogens is 640 g/mol. The third-order valence-corrected chi connectivity index (χ3v) is 7.01. The first-order valence-electron chi connectivity index (χ1n) is 13.9. The van der Waals surface area contributed by atoms with Crippen LogP contribution < -0.4 is 24.3 Å². The van der Waals surface area contributed by atoms with Crippen molar-refractivity contribution >= 4 is 39.6 Å². The molecule has 0 spiro atoms. The molecule has 0 bridgehead atoms. The second-order valence-electron chi connectivity index (χ2n) is 9.50. The highest BCUT2D eigenvalue weighted by atomic mass is 79.9. The molecule has 4 aromatic rings. The molecule has 0 unspecified atom stereocenters. The fraction of sp³-hybridized carbons (Fsp3) is 0.171. The molecule has 10 heteroatoms. The van der Waals surface area contributed by atoms with Gasteiger partial charge in [0, 0.05) is 5.69 Å². The molecule has 0 saturated heterocycles. The molecule has 0 radical (unpaired) electrons. The molecule has 0 atom stereocenters. The molecule has 4 aromatic carbocycles. The second kappa shape index (κ2) is 16.0. The van der Waals surface area contributed by atoms with E-state index in [0.717, 1.165) is 11.1 Å². The number of halogens is 1. The molecule has 4 rings (SSSR count). The van der Waals surface area contributed by atoms with Gasteiger partial charge in [0.25, 0.3) is 5.91 Å². The zero-order valence-corrected chi connectivity index (χ0v) is 26.6. The Hall–Kier alpha value is -5.27. The first-order chi connectivity index (χ1) is 21.8. The smallest absolute Gasteiger partial charge is 0.337 e. The third-order valence-electron chi connectivity index (χ3n) is 6.42. The topological polar surface area (TPSA) is 116 Å². The summed E-state index contributed by atoms with van der Waals surface area (Å²) in [6.07, 6.45) is 1.44. The van der Waals surface area contributed by atoms with Crippen LogP contribution in [0.5, 0.6) is 23.0 Å². The number of ether oxygens (including phenoxy) is 5. The minimum absolute atomic E-state index is 0.132. The zero-order valence-electron chi connectivity index (χ0n) is 25.0. The van der Waals surface area contributed by atoms with E-state index >= 15 is 0 Å². The summed E-state index contributed by atoms with van der Waals surface area (Å²) in [6, 6.07) is 27.0. The van der Waals surface area contributed by atoms with Crippen molar-refractivity contribution < 1.29 is 33.3 Å². The summed E-state index contributed by atoms with van der Waals surface area (Å²) in [5.74, 6) is 0.998. The molecule has 0 aliphatic heterocycles. The van der Waals surface area contributed by atoms with E-state index in [2.05, 4.69) is 26.0 Å². The number of hydrogen-bond acceptors (Lipinski definition) is 8. The number of nitrogens with one attached hydrogen (secondary N) is 1. The molecule has 0 heterocycles. The Kier molecular flexibility index (Phi) is 11.6. The summed E-state index contributed by atoms with van der Waals surface area (Å²) in [5, 5.41) is 12.3. The van der Waals surface area contributed by atoms with Gasteiger partial charge in [-0.15, -0.1) is 0 Å². The Bertz CT molecular complexity index is 1710. The van der Waals surface area contributed by atoms with Gasteiger partial charge < -0.3 is 29.0 Å². The van der Waals surface area contributed by atoms with Crippen molar-refractivity contribution in [1.82, 2.24) is 0 Å². The van der Waals surface area contributed by atoms with Gasteiger partial charge in [0.05, 0.1) is 30.9 Å². The lowest BCUT2D eigenvalue weighted by atomic mass is 10.1. The highest BCUT2D eigenvalue weighted by molar-refractivity contribution is 9.10. The molecule has 45 heavy (non-hydrogen) atoms. The predicted octanol–water partition coefficient (Wildman–Crippen LogP) is 7.35. The maximum Gasteiger partial charge on any atom is 0.337 e. The van der Waals surface area contributed by atoms with Gasteiger partial charge in [-0.25, -0.2) is 4.79 Å². The van der Waals surface area contributed by atoms with Crippen LogP contribution in [0.2, 0.25) is 0 Å². The first-order valence-corrected chi connectivity index (χ1v) is 14.7. The number of rotatable bonds is 13. The maximum atomic E-state index is 12.8. The van der Waals surface area contributed by atoms with E-state index in [0.29, 0.717) is 57.5 Å². The Morgan fingerprint density at radius 2 is 1.58 bits per heavy atom. The summed E-state index contributed by atoms with van der Waals surface area (Å²) >= 11 is 3.53. The molecule has 0 fully saturated rings. The molecule has 0 aromatic heterocycles. The van der Waals surface area contributed by atoms with Crippen LogP contribution in [0, 0.1) is 11.3 Å². The van der Waals surface area contributed by atoms with Crippen molar-refractivity contribution in [2.45, 2.75) is 20.1 Å². The lowest BCUT2D eigenvalue weighted by Gasteiger charge is -2.16. The molecular formula is C35H31BrN2O7. The van der Waals surface area contributed by atoms with Crippen LogP contribution >= 0.6 is 15.9 Å². The minimum Gasteiger partial charge on any atom is -0.493 e. The first kappa shape index (κ1) is 32.6. The Labute approximate surface area is 270 Å². The van der Waals surface area contributed by atoms with E-state index in [1.165, 1.54) is 32.4 Å². The highest BCUT2D eigenvalue weighted by Gasteiger charge is 2.16. The zero-order chi connectivity index (χ0) is 32.2. The van der Waals surface area contributed by atoms with Gasteiger partial charge >= 0.3 is 5.97 Å². The summed E-state index contributed by atoms with van der Waals surface area (Å²) in [5.41, 5.74) is 3.07. The summed E-state index contributed by atoms with van der Waals surface area (Å²) in [4.78, 5) is 24.5. The van der Waals surface area contributed by atoms with Crippen molar-refractivity contribution in [3.05, 3.63) is 117 Å². The number of methoxy groups -OCH3 is 2. The lowest BCUT2D eigenvalue weighted by molar-refractivity contribution is -0.112. The fourth-order valence-corrected chi connectivity index (χ4v) is 4.78. The number of carbonyl (C=O) groups is 2. The number of esters is 1. The predicted molar refractivity (Wildman–Crippen MR) is 173 cm³/mol. The van der Waals surface area contributed by atoms with Gasteiger partial charge in [-0.05, 0) is 94.2 Å². The molecule has 0 aliphatic carbocycles. The number of hydrogen-bond donors (Lipinski definition) is 1. The van der Waals surface area contributed by atoms with Crippen LogP contribution in [0.4, 0.5) is 5.69 Å². The number of nitriles is 1. The number of amides is 1. The van der Waals surface area contributed by atoms with Crippen LogP contribution in [0.15, 0.2) is 95.0 Å². The van der Waals surface area contributed by atoms with Gasteiger partial charge in [0.15, 0.2) is 23.0 Å². The number of benzene rings is 4. The quantitative estimate of drug-likeness (QED) is 0.0892. The van der Waals surface area contributed by atoms with E-state index in [4.69, 9.17) is 18.9 Å². The van der Waals surface area contributed by atoms with Crippen LogP contribution in [-0.2, 0) is 22.7 Å². The van der Waals surface area contributed by atoms with E-state index in [-0.39, 0.29) is 12.2 Å². The standard InChI is InChI=1S/C35H31BrN2O7/c1-4-43-31-18-24(10-15-30(31)44-21-23-8-6-5-7-9-23)22-45-33-29(36)17-25(19-32(33)41-2)16-27(20-37)34(39)38-28-13-11-26(12-14-28)35(40)42-3/h5-19H,4,21-22H2,1-3H3,(H,38,39)/b27-16-. The molecule has 0 aliphatic rings. The average molecular weight is 672 g/mol. The molecule has 230 valence electrons. The normalized spacial score (nSPS) is 10.8.